The van der Waals surface area contributed by atoms with Crippen LogP contribution in [-0.2, 0) is 14.3 Å². The Bertz CT molecular complexity index is 671. The molecule has 1 saturated heterocycles. The minimum absolute atomic E-state index is 0.419. The summed E-state index contributed by atoms with van der Waals surface area (Å²) in [4.78, 5) is 23.9. The highest BCUT2D eigenvalue weighted by Crippen LogP contribution is 2.40. The van der Waals surface area contributed by atoms with Gasteiger partial charge in [-0.25, -0.2) is 0 Å². The second-order valence-corrected chi connectivity index (χ2v) is 5.38. The smallest absolute Gasteiger partial charge is 0.231 e. The number of anilines is 1. The molecule has 0 aromatic heterocycles. The van der Waals surface area contributed by atoms with Crippen molar-refractivity contribution in [3.8, 4) is 11.5 Å². The molecule has 1 aromatic carbocycles. The highest BCUT2D eigenvalue weighted by Gasteiger charge is 2.50. The minimum atomic E-state index is -1.29. The highest BCUT2D eigenvalue weighted by atomic mass is 16.5. The van der Waals surface area contributed by atoms with Crippen molar-refractivity contribution in [2.75, 3.05) is 19.5 Å². The molecule has 7 heteroatoms. The van der Waals surface area contributed by atoms with E-state index >= 15 is 0 Å². The van der Waals surface area contributed by atoms with Crippen LogP contribution < -0.4 is 19.9 Å². The molecule has 4 atom stereocenters. The second kappa shape index (κ2) is 5.92. The Morgan fingerprint density at radius 3 is 2.43 bits per heavy atom. The lowest BCUT2D eigenvalue weighted by Crippen LogP contribution is -2.45. The number of rotatable bonds is 5. The second-order valence-electron chi connectivity index (χ2n) is 5.38. The first kappa shape index (κ1) is 15.4. The number of methoxy groups -OCH3 is 2. The zero-order valence-electron chi connectivity index (χ0n) is 12.6. The van der Waals surface area contributed by atoms with Crippen LogP contribution in [0.25, 0.3) is 0 Å². The number of carbonyl (C=O) groups is 2. The van der Waals surface area contributed by atoms with Gasteiger partial charge >= 0.3 is 0 Å². The fourth-order valence-electron chi connectivity index (χ4n) is 3.02. The summed E-state index contributed by atoms with van der Waals surface area (Å²) in [6.45, 7) is 0. The molecule has 23 heavy (non-hydrogen) atoms. The van der Waals surface area contributed by atoms with E-state index in [-0.39, 0.29) is 0 Å². The number of amides is 1. The zero-order valence-corrected chi connectivity index (χ0v) is 12.6. The lowest BCUT2D eigenvalue weighted by Gasteiger charge is -2.25. The predicted molar refractivity (Wildman–Crippen MR) is 78.0 cm³/mol. The molecule has 2 aliphatic rings. The number of carbonyl (C=O) groups excluding carboxylic acids is 2. The molecule has 1 N–H and O–H groups in total. The molecule has 0 aliphatic carbocycles. The first-order chi connectivity index (χ1) is 11.0. The van der Waals surface area contributed by atoms with Crippen LogP contribution in [0.2, 0.25) is 0 Å². The average Bonchev–Trinajstić information content (AvgIpc) is 3.16. The molecule has 122 valence electrons. The van der Waals surface area contributed by atoms with Crippen molar-refractivity contribution < 1.29 is 28.9 Å². The number of fused-ring (bicyclic) bond motifs is 2. The minimum Gasteiger partial charge on any atom is -0.550 e. The maximum atomic E-state index is 12.5. The van der Waals surface area contributed by atoms with Crippen molar-refractivity contribution in [1.29, 1.82) is 0 Å². The van der Waals surface area contributed by atoms with Crippen molar-refractivity contribution in [2.24, 2.45) is 11.8 Å². The van der Waals surface area contributed by atoms with Gasteiger partial charge in [0.25, 0.3) is 0 Å². The van der Waals surface area contributed by atoms with Crippen molar-refractivity contribution in [3.05, 3.63) is 30.4 Å². The van der Waals surface area contributed by atoms with Crippen LogP contribution in [-0.4, -0.2) is 38.3 Å². The number of hydrogen-bond donors (Lipinski definition) is 1. The molecule has 0 radical (unpaired) electrons. The van der Waals surface area contributed by atoms with Gasteiger partial charge in [0, 0.05) is 18.0 Å². The third-order valence-electron chi connectivity index (χ3n) is 4.14. The molecule has 1 fully saturated rings. The van der Waals surface area contributed by atoms with E-state index in [1.54, 1.807) is 30.4 Å². The quantitative estimate of drug-likeness (QED) is 0.765. The van der Waals surface area contributed by atoms with E-state index in [9.17, 15) is 14.7 Å². The van der Waals surface area contributed by atoms with Gasteiger partial charge in [0.2, 0.25) is 5.91 Å². The van der Waals surface area contributed by atoms with Crippen LogP contribution in [0.5, 0.6) is 11.5 Å². The largest absolute Gasteiger partial charge is 0.550 e. The Kier molecular flexibility index (Phi) is 3.96. The van der Waals surface area contributed by atoms with Crippen LogP contribution >= 0.6 is 0 Å². The molecule has 2 bridgehead atoms. The maximum Gasteiger partial charge on any atom is 0.231 e. The molecule has 2 aliphatic heterocycles. The van der Waals surface area contributed by atoms with Crippen LogP contribution in [0, 0.1) is 11.8 Å². The third kappa shape index (κ3) is 2.63. The monoisotopic (exact) mass is 318 g/mol. The first-order valence-electron chi connectivity index (χ1n) is 7.12. The van der Waals surface area contributed by atoms with Gasteiger partial charge in [-0.05, 0) is 12.1 Å². The van der Waals surface area contributed by atoms with E-state index in [0.717, 1.165) is 0 Å². The summed E-state index contributed by atoms with van der Waals surface area (Å²) in [5.41, 5.74) is 0.433. The number of hydrogen-bond acceptors (Lipinski definition) is 6. The van der Waals surface area contributed by atoms with Crippen LogP contribution in [0.1, 0.15) is 0 Å². The molecule has 1 amide bonds. The SMILES string of the molecule is COc1ccc(NC(=O)[C@H]2[C@@H](C(=O)[O-])[C@@H]3C=C[C@H]2O3)c(OC)c1. The van der Waals surface area contributed by atoms with Gasteiger partial charge in [0.1, 0.15) is 11.5 Å². The standard InChI is InChI=1S/C16H17NO6/c1-21-8-3-4-9(12(7-8)22-2)17-15(18)13-10-5-6-11(23-10)14(13)16(19)20/h3-7,10-11,13-14H,1-2H3,(H,17,18)(H,19,20)/p-1/t10-,11+,13-,14+/m1/s1. The predicted octanol–water partition coefficient (Wildman–Crippen LogP) is -0.0382. The number of nitrogens with one attached hydrogen (secondary N) is 1. The number of benzene rings is 1. The van der Waals surface area contributed by atoms with E-state index in [1.165, 1.54) is 14.2 Å². The topological polar surface area (TPSA) is 96.9 Å². The average molecular weight is 318 g/mol. The van der Waals surface area contributed by atoms with Gasteiger partial charge in [-0.1, -0.05) is 12.2 Å². The van der Waals surface area contributed by atoms with E-state index in [2.05, 4.69) is 5.32 Å². The number of carboxylic acid groups (broad SMARTS) is 1. The van der Waals surface area contributed by atoms with Gasteiger partial charge in [0.05, 0.1) is 38.0 Å². The number of carboxylic acids is 1. The highest BCUT2D eigenvalue weighted by molar-refractivity contribution is 5.97. The van der Waals surface area contributed by atoms with E-state index in [1.807, 2.05) is 0 Å². The lowest BCUT2D eigenvalue weighted by molar-refractivity contribution is -0.313. The molecule has 0 saturated carbocycles. The van der Waals surface area contributed by atoms with Crippen molar-refractivity contribution in [3.63, 3.8) is 0 Å². The fraction of sp³-hybridized carbons (Fsp3) is 0.375. The molecule has 2 heterocycles. The summed E-state index contributed by atoms with van der Waals surface area (Å²) < 4.78 is 15.8. The van der Waals surface area contributed by atoms with Crippen LogP contribution in [0.4, 0.5) is 5.69 Å². The summed E-state index contributed by atoms with van der Waals surface area (Å²) in [5.74, 6) is -2.56. The Balaban J connectivity index is 1.82. The zero-order chi connectivity index (χ0) is 16.6. The summed E-state index contributed by atoms with van der Waals surface area (Å²) in [6, 6.07) is 4.93. The van der Waals surface area contributed by atoms with Gasteiger partial charge in [-0.3, -0.25) is 4.79 Å². The first-order valence-corrected chi connectivity index (χ1v) is 7.12. The summed E-state index contributed by atoms with van der Waals surface area (Å²) >= 11 is 0. The Hall–Kier alpha value is -2.54. The van der Waals surface area contributed by atoms with E-state index in [4.69, 9.17) is 14.2 Å². The summed E-state index contributed by atoms with van der Waals surface area (Å²) in [5, 5.41) is 14.0. The fourth-order valence-corrected chi connectivity index (χ4v) is 3.02. The molecule has 0 spiro atoms. The Morgan fingerprint density at radius 2 is 1.83 bits per heavy atom. The van der Waals surface area contributed by atoms with Crippen molar-refractivity contribution >= 4 is 17.6 Å². The normalized spacial score (nSPS) is 27.7. The summed E-state index contributed by atoms with van der Waals surface area (Å²) in [6.07, 6.45) is 2.20. The molecule has 1 aromatic rings. The van der Waals surface area contributed by atoms with Crippen molar-refractivity contribution in [2.45, 2.75) is 12.2 Å². The lowest BCUT2D eigenvalue weighted by atomic mass is 9.82. The molecule has 3 rings (SSSR count). The summed E-state index contributed by atoms with van der Waals surface area (Å²) in [7, 11) is 2.99. The van der Waals surface area contributed by atoms with Crippen LogP contribution in [0.3, 0.4) is 0 Å². The molecule has 7 nitrogen and oxygen atoms in total. The molecular weight excluding hydrogens is 302 g/mol. The van der Waals surface area contributed by atoms with Crippen LogP contribution in [0.15, 0.2) is 30.4 Å². The van der Waals surface area contributed by atoms with Crippen molar-refractivity contribution in [1.82, 2.24) is 0 Å². The van der Waals surface area contributed by atoms with E-state index in [0.29, 0.717) is 17.2 Å². The molecule has 0 unspecified atom stereocenters. The maximum absolute atomic E-state index is 12.5. The Morgan fingerprint density at radius 1 is 1.13 bits per heavy atom. The third-order valence-corrected chi connectivity index (χ3v) is 4.14. The Labute approximate surface area is 132 Å². The van der Waals surface area contributed by atoms with Gasteiger partial charge in [-0.15, -0.1) is 0 Å². The molecular formula is C16H16NO6-. The van der Waals surface area contributed by atoms with Gasteiger partial charge < -0.3 is 29.4 Å². The number of aliphatic carboxylic acids is 1. The van der Waals surface area contributed by atoms with Gasteiger partial charge in [-0.2, -0.15) is 0 Å². The van der Waals surface area contributed by atoms with Gasteiger partial charge in [0.15, 0.2) is 0 Å². The van der Waals surface area contributed by atoms with E-state index < -0.39 is 35.9 Å². The number of ether oxygens (including phenoxy) is 3.